The molecule has 0 radical (unpaired) electrons. The molecule has 47 heavy (non-hydrogen) atoms. The first-order valence-electron chi connectivity index (χ1n) is 15.7. The van der Waals surface area contributed by atoms with Crippen molar-refractivity contribution < 1.29 is 33.8 Å². The molecule has 0 aromatic heterocycles. The maximum Gasteiger partial charge on any atom is 0.415 e. The van der Waals surface area contributed by atoms with E-state index in [0.717, 1.165) is 11.1 Å². The Morgan fingerprint density at radius 1 is 0.872 bits per heavy atom. The zero-order chi connectivity index (χ0) is 34.0. The van der Waals surface area contributed by atoms with Crippen LogP contribution >= 0.6 is 0 Å². The highest BCUT2D eigenvalue weighted by Crippen LogP contribution is 2.23. The minimum absolute atomic E-state index is 0.0247. The number of nitrogens with zero attached hydrogens (tertiary/aromatic N) is 1. The van der Waals surface area contributed by atoms with Gasteiger partial charge in [-0.15, -0.1) is 0 Å². The maximum atomic E-state index is 13.6. The largest absolute Gasteiger partial charge is 0.453 e. The predicted molar refractivity (Wildman–Crippen MR) is 178 cm³/mol. The number of carbonyl (C=O) groups excluding carboxylic acids is 4. The standard InChI is InChI=1S/C36H44N4O7/c1-36(2,3)31(39-34(44)46-4)33(43)37-26(20-24-14-8-5-9-15-24)22-29(41)28(21-25-16-10-6-11-17-25)38-32(42)30-23-40(35(45)47-30)27-18-12-7-13-19-27/h5-19,26,28-31,41H,20-23H2,1-4H3,(H,37,43)(H,38,42)(H,39,44)/t26?,28?,29-,30?,31?/m0/s1. The number of nitrogens with one attached hydrogen (secondary N) is 3. The predicted octanol–water partition coefficient (Wildman–Crippen LogP) is 3.99. The summed E-state index contributed by atoms with van der Waals surface area (Å²) in [4.78, 5) is 53.3. The smallest absolute Gasteiger partial charge is 0.415 e. The van der Waals surface area contributed by atoms with Crippen LogP contribution in [0.4, 0.5) is 15.3 Å². The Hall–Kier alpha value is -4.90. The van der Waals surface area contributed by atoms with Gasteiger partial charge in [0.05, 0.1) is 25.8 Å². The second-order valence-corrected chi connectivity index (χ2v) is 12.8. The second-order valence-electron chi connectivity index (χ2n) is 12.8. The topological polar surface area (TPSA) is 146 Å². The van der Waals surface area contributed by atoms with Crippen LogP contribution in [0, 0.1) is 5.41 Å². The number of para-hydroxylation sites is 1. The molecule has 250 valence electrons. The van der Waals surface area contributed by atoms with Crippen LogP contribution in [0.3, 0.4) is 0 Å². The van der Waals surface area contributed by atoms with E-state index < -0.39 is 59.7 Å². The highest BCUT2D eigenvalue weighted by atomic mass is 16.6. The molecule has 0 saturated carbocycles. The summed E-state index contributed by atoms with van der Waals surface area (Å²) in [6, 6.07) is 25.6. The number of anilines is 1. The quantitative estimate of drug-likeness (QED) is 0.220. The van der Waals surface area contributed by atoms with Crippen molar-refractivity contribution in [1.82, 2.24) is 16.0 Å². The van der Waals surface area contributed by atoms with Gasteiger partial charge in [-0.2, -0.15) is 0 Å². The molecule has 1 aliphatic rings. The average molecular weight is 645 g/mol. The molecule has 0 spiro atoms. The van der Waals surface area contributed by atoms with Gasteiger partial charge in [0, 0.05) is 11.7 Å². The van der Waals surface area contributed by atoms with Crippen molar-refractivity contribution in [3.63, 3.8) is 0 Å². The number of aliphatic hydroxyl groups is 1. The van der Waals surface area contributed by atoms with E-state index in [1.807, 2.05) is 87.5 Å². The molecule has 0 bridgehead atoms. The van der Waals surface area contributed by atoms with Gasteiger partial charge in [0.2, 0.25) is 5.91 Å². The Morgan fingerprint density at radius 2 is 1.43 bits per heavy atom. The first-order chi connectivity index (χ1) is 22.4. The third-order valence-electron chi connectivity index (χ3n) is 8.04. The molecule has 3 aromatic rings. The van der Waals surface area contributed by atoms with Crippen molar-refractivity contribution in [2.75, 3.05) is 18.6 Å². The lowest BCUT2D eigenvalue weighted by Gasteiger charge is -2.33. The van der Waals surface area contributed by atoms with Crippen molar-refractivity contribution in [3.8, 4) is 0 Å². The van der Waals surface area contributed by atoms with Crippen LogP contribution in [-0.2, 0) is 31.9 Å². The number of alkyl carbamates (subject to hydrolysis) is 1. The lowest BCUT2D eigenvalue weighted by atomic mass is 9.85. The number of amides is 4. The molecule has 4 unspecified atom stereocenters. The molecule has 1 saturated heterocycles. The van der Waals surface area contributed by atoms with Gasteiger partial charge in [0.25, 0.3) is 5.91 Å². The van der Waals surface area contributed by atoms with E-state index in [4.69, 9.17) is 9.47 Å². The van der Waals surface area contributed by atoms with E-state index in [-0.39, 0.29) is 19.4 Å². The molecule has 3 aromatic carbocycles. The van der Waals surface area contributed by atoms with Crippen molar-refractivity contribution in [1.29, 1.82) is 0 Å². The van der Waals surface area contributed by atoms with E-state index in [1.165, 1.54) is 12.0 Å². The van der Waals surface area contributed by atoms with Crippen molar-refractivity contribution in [2.24, 2.45) is 5.41 Å². The third kappa shape index (κ3) is 10.0. The van der Waals surface area contributed by atoms with Gasteiger partial charge in [0.1, 0.15) is 6.04 Å². The van der Waals surface area contributed by atoms with Gasteiger partial charge >= 0.3 is 12.2 Å². The number of methoxy groups -OCH3 is 1. The number of benzene rings is 3. The number of cyclic esters (lactones) is 1. The van der Waals surface area contributed by atoms with E-state index in [0.29, 0.717) is 12.1 Å². The number of aliphatic hydroxyl groups excluding tert-OH is 1. The van der Waals surface area contributed by atoms with Crippen LogP contribution < -0.4 is 20.9 Å². The molecular formula is C36H44N4O7. The lowest BCUT2D eigenvalue weighted by Crippen LogP contribution is -2.57. The number of carbonyl (C=O) groups is 4. The average Bonchev–Trinajstić information content (AvgIpc) is 3.45. The Kier molecular flexibility index (Phi) is 12.0. The normalized spacial score (nSPS) is 17.1. The zero-order valence-electron chi connectivity index (χ0n) is 27.2. The highest BCUT2D eigenvalue weighted by molar-refractivity contribution is 5.95. The monoisotopic (exact) mass is 644 g/mol. The van der Waals surface area contributed by atoms with Gasteiger partial charge in [-0.05, 0) is 47.9 Å². The first kappa shape index (κ1) is 35.0. The Balaban J connectivity index is 1.54. The summed E-state index contributed by atoms with van der Waals surface area (Å²) in [6.07, 6.45) is -2.80. The number of hydrogen-bond donors (Lipinski definition) is 4. The molecule has 5 atom stereocenters. The summed E-state index contributed by atoms with van der Waals surface area (Å²) < 4.78 is 10.2. The maximum absolute atomic E-state index is 13.6. The minimum Gasteiger partial charge on any atom is -0.453 e. The van der Waals surface area contributed by atoms with E-state index in [2.05, 4.69) is 16.0 Å². The molecular weight excluding hydrogens is 600 g/mol. The summed E-state index contributed by atoms with van der Waals surface area (Å²) in [5.74, 6) is -0.964. The molecule has 0 aliphatic carbocycles. The molecule has 11 heteroatoms. The zero-order valence-corrected chi connectivity index (χ0v) is 27.2. The number of ether oxygens (including phenoxy) is 2. The van der Waals surface area contributed by atoms with E-state index in [9.17, 15) is 24.3 Å². The minimum atomic E-state index is -1.11. The lowest BCUT2D eigenvalue weighted by molar-refractivity contribution is -0.130. The van der Waals surface area contributed by atoms with Gasteiger partial charge in [0.15, 0.2) is 6.10 Å². The fourth-order valence-corrected chi connectivity index (χ4v) is 5.53. The third-order valence-corrected chi connectivity index (χ3v) is 8.04. The molecule has 4 rings (SSSR count). The molecule has 4 amide bonds. The number of rotatable bonds is 13. The SMILES string of the molecule is COC(=O)NC(C(=O)NC(Cc1ccccc1)C[C@H](O)C(Cc1ccccc1)NC(=O)C1CN(c2ccccc2)C(=O)O1)C(C)(C)C. The summed E-state index contributed by atoms with van der Waals surface area (Å²) in [6.45, 7) is 5.51. The Labute approximate surface area is 275 Å². The molecule has 1 heterocycles. The van der Waals surface area contributed by atoms with Crippen LogP contribution in [0.15, 0.2) is 91.0 Å². The van der Waals surface area contributed by atoms with Crippen molar-refractivity contribution >= 4 is 29.7 Å². The summed E-state index contributed by atoms with van der Waals surface area (Å²) in [5.41, 5.74) is 1.78. The Morgan fingerprint density at radius 3 is 1.98 bits per heavy atom. The summed E-state index contributed by atoms with van der Waals surface area (Å²) >= 11 is 0. The van der Waals surface area contributed by atoms with Crippen LogP contribution in [0.25, 0.3) is 0 Å². The van der Waals surface area contributed by atoms with Gasteiger partial charge in [-0.1, -0.05) is 99.6 Å². The summed E-state index contributed by atoms with van der Waals surface area (Å²) in [7, 11) is 1.23. The first-order valence-corrected chi connectivity index (χ1v) is 15.7. The molecule has 11 nitrogen and oxygen atoms in total. The summed E-state index contributed by atoms with van der Waals surface area (Å²) in [5, 5.41) is 20.3. The van der Waals surface area contributed by atoms with Crippen LogP contribution in [0.2, 0.25) is 0 Å². The molecule has 1 aliphatic heterocycles. The van der Waals surface area contributed by atoms with E-state index >= 15 is 0 Å². The van der Waals surface area contributed by atoms with E-state index in [1.54, 1.807) is 24.3 Å². The molecule has 1 fully saturated rings. The van der Waals surface area contributed by atoms with Crippen LogP contribution in [0.5, 0.6) is 0 Å². The highest BCUT2D eigenvalue weighted by Gasteiger charge is 2.39. The fourth-order valence-electron chi connectivity index (χ4n) is 5.53. The van der Waals surface area contributed by atoms with Crippen LogP contribution in [-0.4, -0.2) is 73.1 Å². The number of hydrogen-bond acceptors (Lipinski definition) is 7. The Bertz CT molecular complexity index is 1480. The van der Waals surface area contributed by atoms with Gasteiger partial charge in [-0.3, -0.25) is 14.5 Å². The van der Waals surface area contributed by atoms with Gasteiger partial charge in [-0.25, -0.2) is 9.59 Å². The molecule has 4 N–H and O–H groups in total. The second kappa shape index (κ2) is 16.1. The van der Waals surface area contributed by atoms with Gasteiger partial charge < -0.3 is 30.5 Å². The van der Waals surface area contributed by atoms with Crippen molar-refractivity contribution in [3.05, 3.63) is 102 Å². The fraction of sp³-hybridized carbons (Fsp3) is 0.389. The van der Waals surface area contributed by atoms with Crippen LogP contribution in [0.1, 0.15) is 38.3 Å². The van der Waals surface area contributed by atoms with Crippen molar-refractivity contribution in [2.45, 2.75) is 70.4 Å².